The van der Waals surface area contributed by atoms with Gasteiger partial charge in [-0.15, -0.1) is 0 Å². The topological polar surface area (TPSA) is 93.0 Å². The third kappa shape index (κ3) is 3.91. The van der Waals surface area contributed by atoms with Crippen molar-refractivity contribution in [2.24, 2.45) is 0 Å². The van der Waals surface area contributed by atoms with Crippen LogP contribution in [0.15, 0.2) is 61.4 Å². The highest BCUT2D eigenvalue weighted by atomic mass is 16.2. The predicted molar refractivity (Wildman–Crippen MR) is 106 cm³/mol. The third-order valence-corrected chi connectivity index (χ3v) is 4.83. The minimum absolute atomic E-state index is 0.103. The van der Waals surface area contributed by atoms with Gasteiger partial charge in [-0.25, -0.2) is 14.6 Å². The lowest BCUT2D eigenvalue weighted by molar-refractivity contribution is -0.130. The number of nitrogens with zero attached hydrogens (tertiary/aromatic N) is 5. The van der Waals surface area contributed by atoms with E-state index >= 15 is 0 Å². The molecule has 8 heteroatoms. The van der Waals surface area contributed by atoms with Crippen LogP contribution in [0.1, 0.15) is 36.1 Å². The van der Waals surface area contributed by atoms with E-state index in [-0.39, 0.29) is 24.3 Å². The number of aromatic nitrogens is 4. The van der Waals surface area contributed by atoms with Crippen LogP contribution < -0.4 is 5.32 Å². The zero-order valence-corrected chi connectivity index (χ0v) is 15.9. The summed E-state index contributed by atoms with van der Waals surface area (Å²) in [5.41, 5.74) is 2.80. The molecular weight excluding hydrogens is 368 g/mol. The molecule has 0 radical (unpaired) electrons. The fourth-order valence-corrected chi connectivity index (χ4v) is 3.45. The van der Waals surface area contributed by atoms with Crippen molar-refractivity contribution in [3.63, 3.8) is 0 Å². The van der Waals surface area contributed by atoms with E-state index in [1.165, 1.54) is 13.3 Å². The molecule has 3 aromatic rings. The first-order valence-corrected chi connectivity index (χ1v) is 9.25. The highest BCUT2D eigenvalue weighted by Gasteiger charge is 2.28. The number of fused-ring (bicyclic) bond motifs is 1. The first-order chi connectivity index (χ1) is 14.1. The summed E-state index contributed by atoms with van der Waals surface area (Å²) in [5.74, 6) is 0.357. The number of carbonyl (C=O) groups is 2. The Hall–Kier alpha value is -3.81. The maximum Gasteiger partial charge on any atom is 0.223 e. The number of nitrogens with one attached hydrogen (secondary N) is 1. The zero-order chi connectivity index (χ0) is 20.2. The Morgan fingerprint density at radius 3 is 2.83 bits per heavy atom. The molecule has 8 nitrogen and oxygen atoms in total. The molecule has 1 aromatic carbocycles. The molecule has 2 aromatic heterocycles. The monoisotopic (exact) mass is 388 g/mol. The zero-order valence-electron chi connectivity index (χ0n) is 15.9. The van der Waals surface area contributed by atoms with Gasteiger partial charge >= 0.3 is 0 Å². The number of pyridine rings is 1. The Morgan fingerprint density at radius 1 is 1.17 bits per heavy atom. The van der Waals surface area contributed by atoms with Gasteiger partial charge < -0.3 is 10.2 Å². The predicted octanol–water partition coefficient (Wildman–Crippen LogP) is 2.24. The molecule has 1 aliphatic rings. The quantitative estimate of drug-likeness (QED) is 0.724. The molecule has 0 bridgehead atoms. The Balaban J connectivity index is 1.49. The summed E-state index contributed by atoms with van der Waals surface area (Å²) in [5, 5.41) is 7.04. The van der Waals surface area contributed by atoms with Gasteiger partial charge in [0, 0.05) is 31.4 Å². The Kier molecular flexibility index (Phi) is 5.15. The average molecular weight is 388 g/mol. The van der Waals surface area contributed by atoms with Crippen LogP contribution in [0.25, 0.3) is 11.9 Å². The molecule has 1 aliphatic heterocycles. The van der Waals surface area contributed by atoms with E-state index in [1.807, 2.05) is 42.5 Å². The molecule has 146 valence electrons. The fourth-order valence-electron chi connectivity index (χ4n) is 3.45. The molecule has 3 heterocycles. The molecule has 4 rings (SSSR count). The van der Waals surface area contributed by atoms with Gasteiger partial charge in [0.05, 0.1) is 12.5 Å². The SMILES string of the molecule is CC(=O)N1C=Cc2ccccc2[C@H]1CC(=O)NCc1cccnc1-n1cncn1. The lowest BCUT2D eigenvalue weighted by Crippen LogP contribution is -2.35. The lowest BCUT2D eigenvalue weighted by Gasteiger charge is -2.32. The molecular formula is C21H20N6O2. The van der Waals surface area contributed by atoms with Gasteiger partial charge in [0.15, 0.2) is 5.82 Å². The second-order valence-electron chi connectivity index (χ2n) is 6.69. The molecule has 2 amide bonds. The van der Waals surface area contributed by atoms with Crippen LogP contribution in [0.4, 0.5) is 0 Å². The normalized spacial score (nSPS) is 15.1. The van der Waals surface area contributed by atoms with Crippen LogP contribution in [0, 0.1) is 0 Å². The van der Waals surface area contributed by atoms with E-state index in [0.29, 0.717) is 12.4 Å². The summed E-state index contributed by atoms with van der Waals surface area (Å²) < 4.78 is 1.56. The van der Waals surface area contributed by atoms with E-state index in [2.05, 4.69) is 20.4 Å². The van der Waals surface area contributed by atoms with Crippen LogP contribution in [-0.4, -0.2) is 36.5 Å². The maximum absolute atomic E-state index is 12.7. The molecule has 1 atom stereocenters. The molecule has 0 fully saturated rings. The molecule has 1 N–H and O–H groups in total. The summed E-state index contributed by atoms with van der Waals surface area (Å²) in [6.07, 6.45) is 8.46. The van der Waals surface area contributed by atoms with Crippen LogP contribution >= 0.6 is 0 Å². The number of rotatable bonds is 5. The molecule has 0 unspecified atom stereocenters. The van der Waals surface area contributed by atoms with Crippen LogP contribution in [-0.2, 0) is 16.1 Å². The van der Waals surface area contributed by atoms with Gasteiger partial charge in [-0.1, -0.05) is 30.3 Å². The van der Waals surface area contributed by atoms with E-state index in [1.54, 1.807) is 28.3 Å². The third-order valence-electron chi connectivity index (χ3n) is 4.83. The van der Waals surface area contributed by atoms with Crippen molar-refractivity contribution in [2.75, 3.05) is 0 Å². The first kappa shape index (κ1) is 18.5. The minimum atomic E-state index is -0.336. The average Bonchev–Trinajstić information content (AvgIpc) is 3.27. The molecule has 0 saturated carbocycles. The maximum atomic E-state index is 12.7. The first-order valence-electron chi connectivity index (χ1n) is 9.25. The Morgan fingerprint density at radius 2 is 2.03 bits per heavy atom. The van der Waals surface area contributed by atoms with Crippen molar-refractivity contribution in [3.8, 4) is 5.82 Å². The molecule has 0 spiro atoms. The standard InChI is InChI=1S/C21H20N6O2/c1-15(28)26-10-8-16-5-2-3-7-18(16)19(26)11-20(29)24-12-17-6-4-9-23-21(17)27-14-22-13-25-27/h2-10,13-14,19H,11-12H2,1H3,(H,24,29)/t19-/m1/s1. The van der Waals surface area contributed by atoms with E-state index in [4.69, 9.17) is 0 Å². The van der Waals surface area contributed by atoms with Gasteiger partial charge in [0.25, 0.3) is 0 Å². The number of carbonyl (C=O) groups excluding carboxylic acids is 2. The number of hydrogen-bond donors (Lipinski definition) is 1. The second-order valence-corrected chi connectivity index (χ2v) is 6.69. The molecule has 0 saturated heterocycles. The summed E-state index contributed by atoms with van der Waals surface area (Å²) in [6, 6.07) is 11.1. The molecule has 0 aliphatic carbocycles. The smallest absolute Gasteiger partial charge is 0.223 e. The van der Waals surface area contributed by atoms with Gasteiger partial charge in [-0.05, 0) is 23.3 Å². The summed E-state index contributed by atoms with van der Waals surface area (Å²) >= 11 is 0. The van der Waals surface area contributed by atoms with Gasteiger partial charge in [0.2, 0.25) is 11.8 Å². The summed E-state index contributed by atoms with van der Waals surface area (Å²) in [6.45, 7) is 1.80. The Bertz CT molecular complexity index is 1060. The Labute approximate surface area is 167 Å². The van der Waals surface area contributed by atoms with Crippen molar-refractivity contribution in [3.05, 3.63) is 78.1 Å². The van der Waals surface area contributed by atoms with Gasteiger partial charge in [0.1, 0.15) is 12.7 Å². The largest absolute Gasteiger partial charge is 0.352 e. The van der Waals surface area contributed by atoms with Gasteiger partial charge in [-0.3, -0.25) is 9.59 Å². The van der Waals surface area contributed by atoms with Crippen LogP contribution in [0.3, 0.4) is 0 Å². The van der Waals surface area contributed by atoms with Crippen molar-refractivity contribution < 1.29 is 9.59 Å². The second kappa shape index (κ2) is 8.05. The summed E-state index contributed by atoms with van der Waals surface area (Å²) in [7, 11) is 0. The minimum Gasteiger partial charge on any atom is -0.352 e. The number of hydrogen-bond acceptors (Lipinski definition) is 5. The summed E-state index contributed by atoms with van der Waals surface area (Å²) in [4.78, 5) is 34.7. The fraction of sp³-hybridized carbons (Fsp3) is 0.190. The van der Waals surface area contributed by atoms with E-state index in [9.17, 15) is 9.59 Å². The highest BCUT2D eigenvalue weighted by Crippen LogP contribution is 2.32. The lowest BCUT2D eigenvalue weighted by atomic mass is 9.93. The van der Waals surface area contributed by atoms with E-state index < -0.39 is 0 Å². The van der Waals surface area contributed by atoms with Crippen molar-refractivity contribution in [2.45, 2.75) is 25.9 Å². The molecule has 29 heavy (non-hydrogen) atoms. The van der Waals surface area contributed by atoms with Crippen molar-refractivity contribution in [1.82, 2.24) is 30.0 Å². The number of benzene rings is 1. The van der Waals surface area contributed by atoms with E-state index in [0.717, 1.165) is 16.7 Å². The van der Waals surface area contributed by atoms with Crippen LogP contribution in [0.5, 0.6) is 0 Å². The number of amides is 2. The van der Waals surface area contributed by atoms with Crippen molar-refractivity contribution >= 4 is 17.9 Å². The van der Waals surface area contributed by atoms with Gasteiger partial charge in [-0.2, -0.15) is 5.10 Å². The highest BCUT2D eigenvalue weighted by molar-refractivity contribution is 5.81. The van der Waals surface area contributed by atoms with Crippen LogP contribution in [0.2, 0.25) is 0 Å². The van der Waals surface area contributed by atoms with Crippen molar-refractivity contribution in [1.29, 1.82) is 0 Å².